The summed E-state index contributed by atoms with van der Waals surface area (Å²) in [5, 5.41) is 3.09. The number of hydrogen-bond acceptors (Lipinski definition) is 5. The lowest BCUT2D eigenvalue weighted by atomic mass is 10.1. The maximum Gasteiger partial charge on any atom is 0.338 e. The summed E-state index contributed by atoms with van der Waals surface area (Å²) in [6.07, 6.45) is 3.44. The molecule has 2 aromatic carbocycles. The van der Waals surface area contributed by atoms with Crippen LogP contribution in [0.3, 0.4) is 0 Å². The smallest absolute Gasteiger partial charge is 0.338 e. The molecule has 1 N–H and O–H groups in total. The van der Waals surface area contributed by atoms with Crippen LogP contribution in [0.4, 0.5) is 5.69 Å². The number of amides is 1. The number of thiocarbonyl (C=S) groups is 1. The van der Waals surface area contributed by atoms with Crippen molar-refractivity contribution in [1.29, 1.82) is 0 Å². The highest BCUT2D eigenvalue weighted by Gasteiger charge is 2.18. The van der Waals surface area contributed by atoms with Gasteiger partial charge in [-0.1, -0.05) is 23.3 Å². The molecule has 0 fully saturated rings. The molecule has 1 heterocycles. The molecule has 0 aliphatic carbocycles. The Balaban J connectivity index is 1.86. The van der Waals surface area contributed by atoms with Gasteiger partial charge in [0.25, 0.3) is 5.91 Å². The number of esters is 1. The standard InChI is InChI=1S/C25H25N3O3S/c1-4-31-24(30)20-7-9-22(10-8-20)28(16-19-6-5-11-26-15-19)25(32)27-23(29)21-13-17(2)12-18(3)14-21/h5-15H,4,16H2,1-3H3,(H,27,29,32). The maximum absolute atomic E-state index is 12.9. The molecule has 1 amide bonds. The molecule has 0 spiro atoms. The molecule has 1 aromatic heterocycles. The second-order valence-electron chi connectivity index (χ2n) is 7.35. The van der Waals surface area contributed by atoms with E-state index in [9.17, 15) is 9.59 Å². The summed E-state index contributed by atoms with van der Waals surface area (Å²) < 4.78 is 5.05. The molecule has 0 aliphatic heterocycles. The van der Waals surface area contributed by atoms with E-state index in [1.807, 2.05) is 44.2 Å². The fourth-order valence-electron chi connectivity index (χ4n) is 3.29. The van der Waals surface area contributed by atoms with Crippen molar-refractivity contribution in [3.63, 3.8) is 0 Å². The normalized spacial score (nSPS) is 10.3. The van der Waals surface area contributed by atoms with E-state index in [-0.39, 0.29) is 17.0 Å². The second-order valence-corrected chi connectivity index (χ2v) is 7.74. The topological polar surface area (TPSA) is 71.5 Å². The van der Waals surface area contributed by atoms with E-state index in [1.165, 1.54) is 0 Å². The quantitative estimate of drug-likeness (QED) is 0.440. The van der Waals surface area contributed by atoms with E-state index in [0.29, 0.717) is 24.3 Å². The molecular weight excluding hydrogens is 422 g/mol. The molecule has 3 aromatic rings. The molecule has 3 rings (SSSR count). The number of carbonyl (C=O) groups excluding carboxylic acids is 2. The minimum absolute atomic E-state index is 0.252. The summed E-state index contributed by atoms with van der Waals surface area (Å²) in [4.78, 5) is 30.8. The molecule has 7 heteroatoms. The van der Waals surface area contributed by atoms with Crippen molar-refractivity contribution >= 4 is 34.9 Å². The number of rotatable bonds is 6. The monoisotopic (exact) mass is 447 g/mol. The van der Waals surface area contributed by atoms with Crippen molar-refractivity contribution in [3.8, 4) is 0 Å². The SMILES string of the molecule is CCOC(=O)c1ccc(N(Cc2cccnc2)C(=S)NC(=O)c2cc(C)cc(C)c2)cc1. The van der Waals surface area contributed by atoms with Crippen molar-refractivity contribution in [1.82, 2.24) is 10.3 Å². The number of aromatic nitrogens is 1. The Hall–Kier alpha value is -3.58. The zero-order valence-electron chi connectivity index (χ0n) is 18.3. The predicted octanol–water partition coefficient (Wildman–Crippen LogP) is 4.60. The number of aryl methyl sites for hydroxylation is 2. The highest BCUT2D eigenvalue weighted by atomic mass is 32.1. The summed E-state index contributed by atoms with van der Waals surface area (Å²) in [5.41, 5.74) is 4.65. The molecule has 0 unspecified atom stereocenters. The number of nitrogens with zero attached hydrogens (tertiary/aromatic N) is 2. The lowest BCUT2D eigenvalue weighted by Gasteiger charge is -2.26. The van der Waals surface area contributed by atoms with E-state index in [2.05, 4.69) is 10.3 Å². The van der Waals surface area contributed by atoms with E-state index in [1.54, 1.807) is 48.5 Å². The molecule has 164 valence electrons. The summed E-state index contributed by atoms with van der Waals surface area (Å²) in [5.74, 6) is -0.662. The van der Waals surface area contributed by atoms with Gasteiger partial charge < -0.3 is 9.64 Å². The zero-order chi connectivity index (χ0) is 23.1. The summed E-state index contributed by atoms with van der Waals surface area (Å²) in [6.45, 7) is 6.36. The lowest BCUT2D eigenvalue weighted by molar-refractivity contribution is 0.0526. The van der Waals surface area contributed by atoms with Crippen LogP contribution in [0, 0.1) is 13.8 Å². The van der Waals surface area contributed by atoms with E-state index in [0.717, 1.165) is 22.4 Å². The van der Waals surface area contributed by atoms with E-state index < -0.39 is 0 Å². The third-order valence-electron chi connectivity index (χ3n) is 4.70. The average Bonchev–Trinajstić information content (AvgIpc) is 2.77. The molecule has 0 aliphatic rings. The van der Waals surface area contributed by atoms with Crippen LogP contribution in [0.5, 0.6) is 0 Å². The first-order valence-corrected chi connectivity index (χ1v) is 10.7. The first-order valence-electron chi connectivity index (χ1n) is 10.2. The van der Waals surface area contributed by atoms with Crippen molar-refractivity contribution in [3.05, 3.63) is 94.8 Å². The van der Waals surface area contributed by atoms with Gasteiger partial charge in [-0.05, 0) is 81.0 Å². The van der Waals surface area contributed by atoms with Gasteiger partial charge in [0, 0.05) is 23.6 Å². The summed E-state index contributed by atoms with van der Waals surface area (Å²) >= 11 is 5.61. The third-order valence-corrected chi connectivity index (χ3v) is 5.03. The van der Waals surface area contributed by atoms with Crippen LogP contribution in [0.15, 0.2) is 67.0 Å². The van der Waals surface area contributed by atoms with Crippen molar-refractivity contribution < 1.29 is 14.3 Å². The fraction of sp³-hybridized carbons (Fsp3) is 0.200. The Morgan fingerprint density at radius 1 is 1.03 bits per heavy atom. The van der Waals surface area contributed by atoms with Crippen molar-refractivity contribution in [2.45, 2.75) is 27.3 Å². The highest BCUT2D eigenvalue weighted by Crippen LogP contribution is 2.19. The molecule has 0 saturated heterocycles. The van der Waals surface area contributed by atoms with Crippen LogP contribution < -0.4 is 10.2 Å². The number of benzene rings is 2. The number of carbonyl (C=O) groups is 2. The third kappa shape index (κ3) is 5.98. The molecule has 0 atom stereocenters. The van der Waals surface area contributed by atoms with Gasteiger partial charge in [-0.25, -0.2) is 4.79 Å². The Bertz CT molecular complexity index is 1090. The summed E-state index contributed by atoms with van der Waals surface area (Å²) in [7, 11) is 0. The van der Waals surface area contributed by atoms with E-state index in [4.69, 9.17) is 17.0 Å². The van der Waals surface area contributed by atoms with Gasteiger partial charge in [0.1, 0.15) is 0 Å². The van der Waals surface area contributed by atoms with Gasteiger partial charge >= 0.3 is 5.97 Å². The number of pyridine rings is 1. The molecule has 0 saturated carbocycles. The van der Waals surface area contributed by atoms with Gasteiger partial charge in [-0.15, -0.1) is 0 Å². The van der Waals surface area contributed by atoms with Crippen LogP contribution in [-0.4, -0.2) is 28.6 Å². The summed E-state index contributed by atoms with van der Waals surface area (Å²) in [6, 6.07) is 16.3. The Labute approximate surface area is 193 Å². The molecular formula is C25H25N3O3S. The molecule has 0 radical (unpaired) electrons. The van der Waals surface area contributed by atoms with Crippen LogP contribution in [0.1, 0.15) is 44.3 Å². The molecule has 32 heavy (non-hydrogen) atoms. The zero-order valence-corrected chi connectivity index (χ0v) is 19.1. The van der Waals surface area contributed by atoms with Crippen molar-refractivity contribution in [2.75, 3.05) is 11.5 Å². The van der Waals surface area contributed by atoms with Crippen LogP contribution in [0.25, 0.3) is 0 Å². The highest BCUT2D eigenvalue weighted by molar-refractivity contribution is 7.80. The Morgan fingerprint density at radius 2 is 1.72 bits per heavy atom. The first-order chi connectivity index (χ1) is 15.4. The van der Waals surface area contributed by atoms with Gasteiger partial charge in [-0.2, -0.15) is 0 Å². The second kappa shape index (κ2) is 10.6. The van der Waals surface area contributed by atoms with Gasteiger partial charge in [0.2, 0.25) is 0 Å². The van der Waals surface area contributed by atoms with Gasteiger partial charge in [0.05, 0.1) is 18.7 Å². The van der Waals surface area contributed by atoms with Gasteiger partial charge in [0.15, 0.2) is 5.11 Å². The maximum atomic E-state index is 12.9. The van der Waals surface area contributed by atoms with Crippen molar-refractivity contribution in [2.24, 2.45) is 0 Å². The van der Waals surface area contributed by atoms with Crippen LogP contribution >= 0.6 is 12.2 Å². The minimum atomic E-state index is -0.386. The molecule has 6 nitrogen and oxygen atoms in total. The number of anilines is 1. The van der Waals surface area contributed by atoms with Gasteiger partial charge in [-0.3, -0.25) is 15.1 Å². The minimum Gasteiger partial charge on any atom is -0.462 e. The van der Waals surface area contributed by atoms with E-state index >= 15 is 0 Å². The first kappa shape index (κ1) is 23.1. The Kier molecular flexibility index (Phi) is 7.68. The average molecular weight is 448 g/mol. The number of nitrogens with one attached hydrogen (secondary N) is 1. The predicted molar refractivity (Wildman–Crippen MR) is 129 cm³/mol. The van der Waals surface area contributed by atoms with Crippen LogP contribution in [0.2, 0.25) is 0 Å². The van der Waals surface area contributed by atoms with Crippen LogP contribution in [-0.2, 0) is 11.3 Å². The largest absolute Gasteiger partial charge is 0.462 e. The number of ether oxygens (including phenoxy) is 1. The molecule has 0 bridgehead atoms. The fourth-order valence-corrected chi connectivity index (χ4v) is 3.55. The Morgan fingerprint density at radius 3 is 2.31 bits per heavy atom. The number of hydrogen-bond donors (Lipinski definition) is 1. The lowest BCUT2D eigenvalue weighted by Crippen LogP contribution is -2.42.